The molecule has 0 N–H and O–H groups in total. The fourth-order valence-corrected chi connectivity index (χ4v) is 0.737. The van der Waals surface area contributed by atoms with Gasteiger partial charge in [0.25, 0.3) is 0 Å². The van der Waals surface area contributed by atoms with Crippen molar-refractivity contribution in [2.75, 3.05) is 0 Å². The van der Waals surface area contributed by atoms with E-state index in [1.165, 1.54) is 0 Å². The van der Waals surface area contributed by atoms with Gasteiger partial charge in [0.15, 0.2) is 0 Å². The van der Waals surface area contributed by atoms with Gasteiger partial charge in [0.2, 0.25) is 0 Å². The first-order valence-electron chi connectivity index (χ1n) is 3.33. The molecular formula is C6H8N3NaO2. The summed E-state index contributed by atoms with van der Waals surface area (Å²) < 4.78 is 1.59. The Labute approximate surface area is 92.1 Å². The number of aromatic nitrogens is 3. The van der Waals surface area contributed by atoms with Crippen molar-refractivity contribution in [1.82, 2.24) is 15.0 Å². The van der Waals surface area contributed by atoms with E-state index in [-0.39, 0.29) is 36.0 Å². The molecule has 0 unspecified atom stereocenters. The SMILES string of the molecule is O=C([O-])CCCn1ccnn1.[Na+]. The molecule has 0 aliphatic heterocycles. The van der Waals surface area contributed by atoms with E-state index in [4.69, 9.17) is 0 Å². The van der Waals surface area contributed by atoms with Gasteiger partial charge < -0.3 is 9.90 Å². The molecule has 0 bridgehead atoms. The molecule has 0 amide bonds. The number of carboxylic acids is 1. The van der Waals surface area contributed by atoms with Crippen LogP contribution < -0.4 is 34.7 Å². The minimum atomic E-state index is -1.02. The van der Waals surface area contributed by atoms with E-state index in [1.54, 1.807) is 17.1 Å². The van der Waals surface area contributed by atoms with E-state index in [2.05, 4.69) is 10.3 Å². The van der Waals surface area contributed by atoms with E-state index in [9.17, 15) is 9.90 Å². The second-order valence-electron chi connectivity index (χ2n) is 2.14. The van der Waals surface area contributed by atoms with Crippen LogP contribution in [0, 0.1) is 0 Å². The Morgan fingerprint density at radius 1 is 1.58 bits per heavy atom. The van der Waals surface area contributed by atoms with Gasteiger partial charge in [-0.3, -0.25) is 4.68 Å². The van der Waals surface area contributed by atoms with E-state index < -0.39 is 5.97 Å². The number of carbonyl (C=O) groups excluding carboxylic acids is 1. The smallest absolute Gasteiger partial charge is 0.550 e. The van der Waals surface area contributed by atoms with E-state index in [0.717, 1.165) is 0 Å². The molecule has 0 aliphatic carbocycles. The molecule has 1 heterocycles. The maximum atomic E-state index is 9.97. The fraction of sp³-hybridized carbons (Fsp3) is 0.500. The molecule has 12 heavy (non-hydrogen) atoms. The maximum absolute atomic E-state index is 9.97. The average molecular weight is 177 g/mol. The van der Waals surface area contributed by atoms with Crippen LogP contribution in [0.4, 0.5) is 0 Å². The van der Waals surface area contributed by atoms with Crippen molar-refractivity contribution in [1.29, 1.82) is 0 Å². The van der Waals surface area contributed by atoms with Crippen LogP contribution in [-0.4, -0.2) is 21.0 Å². The zero-order valence-electron chi connectivity index (χ0n) is 6.93. The number of hydrogen-bond acceptors (Lipinski definition) is 4. The normalized spacial score (nSPS) is 9.00. The minimum Gasteiger partial charge on any atom is -0.550 e. The van der Waals surface area contributed by atoms with Crippen LogP contribution in [-0.2, 0) is 11.3 Å². The number of nitrogens with zero attached hydrogens (tertiary/aromatic N) is 3. The first-order valence-corrected chi connectivity index (χ1v) is 3.33. The van der Waals surface area contributed by atoms with Crippen molar-refractivity contribution in [3.63, 3.8) is 0 Å². The van der Waals surface area contributed by atoms with Crippen LogP contribution in [0.3, 0.4) is 0 Å². The Hall–Kier alpha value is -0.390. The molecule has 1 aromatic rings. The van der Waals surface area contributed by atoms with Gasteiger partial charge in [0, 0.05) is 18.7 Å². The van der Waals surface area contributed by atoms with E-state index in [0.29, 0.717) is 13.0 Å². The number of rotatable bonds is 4. The molecule has 0 aliphatic rings. The summed E-state index contributed by atoms with van der Waals surface area (Å²) in [6, 6.07) is 0. The number of hydrogen-bond donors (Lipinski definition) is 0. The van der Waals surface area contributed by atoms with Crippen LogP contribution in [0.1, 0.15) is 12.8 Å². The van der Waals surface area contributed by atoms with Crippen LogP contribution in [0.15, 0.2) is 12.4 Å². The Kier molecular flexibility index (Phi) is 5.96. The first kappa shape index (κ1) is 11.6. The largest absolute Gasteiger partial charge is 1.00 e. The third-order valence-electron chi connectivity index (χ3n) is 1.24. The summed E-state index contributed by atoms with van der Waals surface area (Å²) in [4.78, 5) is 9.97. The van der Waals surface area contributed by atoms with Gasteiger partial charge in [0.1, 0.15) is 0 Å². The molecule has 1 rings (SSSR count). The second kappa shape index (κ2) is 6.16. The molecule has 0 radical (unpaired) electrons. The standard InChI is InChI=1S/C6H9N3O2.Na/c10-6(11)2-1-4-9-5-3-7-8-9;/h3,5H,1-2,4H2,(H,10,11);/q;+1/p-1. The van der Waals surface area contributed by atoms with Crippen molar-refractivity contribution < 1.29 is 39.5 Å². The molecule has 1 aromatic heterocycles. The van der Waals surface area contributed by atoms with Crippen LogP contribution >= 0.6 is 0 Å². The summed E-state index contributed by atoms with van der Waals surface area (Å²) in [7, 11) is 0. The molecule has 0 saturated heterocycles. The van der Waals surface area contributed by atoms with Gasteiger partial charge in [-0.1, -0.05) is 5.21 Å². The van der Waals surface area contributed by atoms with Crippen molar-refractivity contribution in [3.8, 4) is 0 Å². The topological polar surface area (TPSA) is 70.8 Å². The quantitative estimate of drug-likeness (QED) is 0.437. The van der Waals surface area contributed by atoms with Gasteiger partial charge in [-0.2, -0.15) is 0 Å². The zero-order chi connectivity index (χ0) is 8.10. The summed E-state index contributed by atoms with van der Waals surface area (Å²) >= 11 is 0. The van der Waals surface area contributed by atoms with Crippen molar-refractivity contribution in [2.24, 2.45) is 0 Å². The Bertz CT molecular complexity index is 225. The predicted molar refractivity (Wildman–Crippen MR) is 34.3 cm³/mol. The summed E-state index contributed by atoms with van der Waals surface area (Å²) in [5.41, 5.74) is 0. The van der Waals surface area contributed by atoms with Gasteiger partial charge >= 0.3 is 29.6 Å². The van der Waals surface area contributed by atoms with Gasteiger partial charge in [-0.25, -0.2) is 0 Å². The summed E-state index contributed by atoms with van der Waals surface area (Å²) in [6.45, 7) is 0.577. The second-order valence-corrected chi connectivity index (χ2v) is 2.14. The average Bonchev–Trinajstić information content (AvgIpc) is 2.39. The molecule has 60 valence electrons. The van der Waals surface area contributed by atoms with Gasteiger partial charge in [-0.15, -0.1) is 5.10 Å². The fourth-order valence-electron chi connectivity index (χ4n) is 0.737. The molecule has 0 fully saturated rings. The van der Waals surface area contributed by atoms with Crippen molar-refractivity contribution in [3.05, 3.63) is 12.4 Å². The Morgan fingerprint density at radius 3 is 2.83 bits per heavy atom. The first-order chi connectivity index (χ1) is 5.29. The van der Waals surface area contributed by atoms with Gasteiger partial charge in [-0.05, 0) is 12.8 Å². The zero-order valence-corrected chi connectivity index (χ0v) is 8.93. The summed E-state index contributed by atoms with van der Waals surface area (Å²) in [5, 5.41) is 17.2. The third-order valence-corrected chi connectivity index (χ3v) is 1.24. The van der Waals surface area contributed by atoms with E-state index in [1.807, 2.05) is 0 Å². The predicted octanol–water partition coefficient (Wildman–Crippen LogP) is -4.19. The Morgan fingerprint density at radius 2 is 2.33 bits per heavy atom. The van der Waals surface area contributed by atoms with E-state index >= 15 is 0 Å². The number of aryl methyl sites for hydroxylation is 1. The molecule has 0 saturated carbocycles. The number of carbonyl (C=O) groups is 1. The summed E-state index contributed by atoms with van der Waals surface area (Å²) in [5.74, 6) is -1.02. The minimum absolute atomic E-state index is 0. The molecule has 0 spiro atoms. The molecule has 0 aromatic carbocycles. The molecule has 5 nitrogen and oxygen atoms in total. The van der Waals surface area contributed by atoms with Crippen molar-refractivity contribution >= 4 is 5.97 Å². The maximum Gasteiger partial charge on any atom is 1.00 e. The monoisotopic (exact) mass is 177 g/mol. The van der Waals surface area contributed by atoms with Crippen molar-refractivity contribution in [2.45, 2.75) is 19.4 Å². The number of carboxylic acid groups (broad SMARTS) is 1. The summed E-state index contributed by atoms with van der Waals surface area (Å²) in [6.07, 6.45) is 3.85. The van der Waals surface area contributed by atoms with Crippen LogP contribution in [0.2, 0.25) is 0 Å². The molecular weight excluding hydrogens is 169 g/mol. The van der Waals surface area contributed by atoms with Crippen LogP contribution in [0.5, 0.6) is 0 Å². The molecule has 0 atom stereocenters. The Balaban J connectivity index is 0.00000121. The third kappa shape index (κ3) is 4.48. The van der Waals surface area contributed by atoms with Gasteiger partial charge in [0.05, 0.1) is 6.20 Å². The number of aliphatic carboxylic acids is 1. The van der Waals surface area contributed by atoms with Crippen LogP contribution in [0.25, 0.3) is 0 Å². The molecule has 6 heteroatoms.